The summed E-state index contributed by atoms with van der Waals surface area (Å²) in [6, 6.07) is 13.6. The quantitative estimate of drug-likeness (QED) is 0.884. The molecule has 25 heavy (non-hydrogen) atoms. The van der Waals surface area contributed by atoms with Gasteiger partial charge in [0.2, 0.25) is 5.91 Å². The molecule has 0 bridgehead atoms. The first-order valence-electron chi connectivity index (χ1n) is 8.13. The molecular weight excluding hydrogens is 336 g/mol. The van der Waals surface area contributed by atoms with Gasteiger partial charge in [-0.15, -0.1) is 11.8 Å². The van der Waals surface area contributed by atoms with Gasteiger partial charge in [-0.2, -0.15) is 0 Å². The molecule has 1 N–H and O–H groups in total. The van der Waals surface area contributed by atoms with Crippen LogP contribution in [-0.2, 0) is 4.79 Å². The first-order chi connectivity index (χ1) is 12.1. The maximum Gasteiger partial charge on any atom is 0.243 e. The Morgan fingerprint density at radius 3 is 2.80 bits per heavy atom. The smallest absolute Gasteiger partial charge is 0.243 e. The summed E-state index contributed by atoms with van der Waals surface area (Å²) >= 11 is 1.85. The average Bonchev–Trinajstić information content (AvgIpc) is 2.61. The molecule has 0 aromatic heterocycles. The Bertz CT molecular complexity index is 766. The van der Waals surface area contributed by atoms with Gasteiger partial charge < -0.3 is 19.7 Å². The Morgan fingerprint density at radius 2 is 2.04 bits per heavy atom. The number of hydrogen-bond donors (Lipinski definition) is 1. The van der Waals surface area contributed by atoms with Crippen LogP contribution in [0.2, 0.25) is 0 Å². The number of nitrogens with zero attached hydrogens (tertiary/aromatic N) is 1. The van der Waals surface area contributed by atoms with Crippen LogP contribution in [0.4, 0.5) is 11.4 Å². The second kappa shape index (κ2) is 7.70. The normalized spacial score (nSPS) is 16.1. The van der Waals surface area contributed by atoms with E-state index < -0.39 is 0 Å². The molecule has 0 unspecified atom stereocenters. The van der Waals surface area contributed by atoms with Crippen LogP contribution in [-0.4, -0.2) is 38.5 Å². The van der Waals surface area contributed by atoms with E-state index in [0.717, 1.165) is 12.2 Å². The van der Waals surface area contributed by atoms with E-state index >= 15 is 0 Å². The highest BCUT2D eigenvalue weighted by Crippen LogP contribution is 2.38. The van der Waals surface area contributed by atoms with Crippen molar-refractivity contribution < 1.29 is 14.3 Å². The first kappa shape index (κ1) is 17.5. The van der Waals surface area contributed by atoms with Gasteiger partial charge in [0.05, 0.1) is 32.1 Å². The highest BCUT2D eigenvalue weighted by Gasteiger charge is 2.23. The Hall–Kier alpha value is -2.34. The molecule has 1 amide bonds. The van der Waals surface area contributed by atoms with E-state index in [-0.39, 0.29) is 5.91 Å². The van der Waals surface area contributed by atoms with Crippen LogP contribution in [0.15, 0.2) is 47.4 Å². The van der Waals surface area contributed by atoms with Crippen LogP contribution in [0.5, 0.6) is 11.5 Å². The van der Waals surface area contributed by atoms with Crippen LogP contribution in [0, 0.1) is 0 Å². The first-order valence-corrected chi connectivity index (χ1v) is 9.01. The van der Waals surface area contributed by atoms with E-state index in [0.29, 0.717) is 29.0 Å². The summed E-state index contributed by atoms with van der Waals surface area (Å²) in [7, 11) is 3.17. The molecule has 1 heterocycles. The minimum Gasteiger partial charge on any atom is -0.497 e. The molecule has 132 valence electrons. The van der Waals surface area contributed by atoms with Gasteiger partial charge in [0.1, 0.15) is 11.5 Å². The lowest BCUT2D eigenvalue weighted by atomic mass is 10.2. The molecule has 1 aliphatic rings. The van der Waals surface area contributed by atoms with E-state index in [4.69, 9.17) is 9.47 Å². The van der Waals surface area contributed by atoms with Crippen molar-refractivity contribution in [2.45, 2.75) is 17.1 Å². The number of carbonyl (C=O) groups is 1. The molecule has 1 aliphatic heterocycles. The molecule has 1 atom stereocenters. The summed E-state index contributed by atoms with van der Waals surface area (Å²) in [5, 5.41) is 3.38. The van der Waals surface area contributed by atoms with Crippen molar-refractivity contribution in [3.63, 3.8) is 0 Å². The molecule has 6 heteroatoms. The van der Waals surface area contributed by atoms with Crippen molar-refractivity contribution in [3.8, 4) is 11.5 Å². The number of para-hydroxylation sites is 1. The lowest BCUT2D eigenvalue weighted by Gasteiger charge is -2.33. The Labute approximate surface area is 152 Å². The summed E-state index contributed by atoms with van der Waals surface area (Å²) in [4.78, 5) is 15.9. The molecule has 3 rings (SSSR count). The molecule has 2 aromatic rings. The van der Waals surface area contributed by atoms with E-state index in [9.17, 15) is 4.79 Å². The Balaban J connectivity index is 1.73. The fraction of sp³-hybridized carbons (Fsp3) is 0.316. The fourth-order valence-electron chi connectivity index (χ4n) is 2.90. The maximum absolute atomic E-state index is 12.6. The van der Waals surface area contributed by atoms with E-state index in [1.807, 2.05) is 23.9 Å². The van der Waals surface area contributed by atoms with E-state index in [1.54, 1.807) is 32.4 Å². The Morgan fingerprint density at radius 1 is 1.24 bits per heavy atom. The van der Waals surface area contributed by atoms with Crippen LogP contribution < -0.4 is 19.7 Å². The van der Waals surface area contributed by atoms with Crippen molar-refractivity contribution in [2.75, 3.05) is 37.5 Å². The number of fused-ring (bicyclic) bond motifs is 1. The number of ether oxygens (including phenoxy) is 2. The van der Waals surface area contributed by atoms with E-state index in [1.165, 1.54) is 4.90 Å². The second-order valence-corrected chi connectivity index (χ2v) is 7.37. The summed E-state index contributed by atoms with van der Waals surface area (Å²) in [5.41, 5.74) is 1.75. The van der Waals surface area contributed by atoms with Crippen molar-refractivity contribution >= 4 is 29.0 Å². The minimum absolute atomic E-state index is 0.0719. The summed E-state index contributed by atoms with van der Waals surface area (Å²) in [6.07, 6.45) is 0. The van der Waals surface area contributed by atoms with Gasteiger partial charge in [-0.05, 0) is 24.3 Å². The second-order valence-electron chi connectivity index (χ2n) is 5.89. The molecule has 0 saturated heterocycles. The molecule has 0 spiro atoms. The summed E-state index contributed by atoms with van der Waals surface area (Å²) in [5.74, 6) is 1.19. The highest BCUT2D eigenvalue weighted by atomic mass is 32.2. The molecule has 0 aliphatic carbocycles. The molecule has 0 saturated carbocycles. The zero-order chi connectivity index (χ0) is 17.8. The van der Waals surface area contributed by atoms with Gasteiger partial charge in [0.25, 0.3) is 0 Å². The predicted molar refractivity (Wildman–Crippen MR) is 102 cm³/mol. The van der Waals surface area contributed by atoms with Gasteiger partial charge >= 0.3 is 0 Å². The minimum atomic E-state index is -0.0719. The lowest BCUT2D eigenvalue weighted by Crippen LogP contribution is -2.39. The van der Waals surface area contributed by atoms with Crippen molar-refractivity contribution in [1.29, 1.82) is 0 Å². The van der Waals surface area contributed by atoms with Crippen LogP contribution in [0.25, 0.3) is 0 Å². The number of rotatable bonds is 5. The maximum atomic E-state index is 12.6. The van der Waals surface area contributed by atoms with Gasteiger partial charge in [-0.1, -0.05) is 19.1 Å². The van der Waals surface area contributed by atoms with Crippen molar-refractivity contribution in [1.82, 2.24) is 0 Å². The number of nitrogens with one attached hydrogen (secondary N) is 1. The number of methoxy groups -OCH3 is 2. The number of benzene rings is 2. The highest BCUT2D eigenvalue weighted by molar-refractivity contribution is 8.00. The summed E-state index contributed by atoms with van der Waals surface area (Å²) in [6.45, 7) is 3.32. The molecule has 2 aromatic carbocycles. The molecule has 5 nitrogen and oxygen atoms in total. The topological polar surface area (TPSA) is 50.8 Å². The van der Waals surface area contributed by atoms with Crippen LogP contribution in [0.3, 0.4) is 0 Å². The molecular formula is C19H22N2O3S. The van der Waals surface area contributed by atoms with Gasteiger partial charge in [-0.3, -0.25) is 4.79 Å². The average molecular weight is 358 g/mol. The number of hydrogen-bond acceptors (Lipinski definition) is 5. The molecule has 0 radical (unpaired) electrons. The summed E-state index contributed by atoms with van der Waals surface area (Å²) < 4.78 is 10.5. The van der Waals surface area contributed by atoms with Gasteiger partial charge in [-0.25, -0.2) is 0 Å². The number of thioether (sulfide) groups is 1. The monoisotopic (exact) mass is 358 g/mol. The predicted octanol–water partition coefficient (Wildman–Crippen LogP) is 3.64. The van der Waals surface area contributed by atoms with Gasteiger partial charge in [0.15, 0.2) is 0 Å². The third-order valence-electron chi connectivity index (χ3n) is 4.03. The lowest BCUT2D eigenvalue weighted by molar-refractivity contribution is -0.115. The van der Waals surface area contributed by atoms with Crippen molar-refractivity contribution in [2.24, 2.45) is 0 Å². The third-order valence-corrected chi connectivity index (χ3v) is 5.18. The largest absolute Gasteiger partial charge is 0.497 e. The van der Waals surface area contributed by atoms with Crippen LogP contribution >= 0.6 is 11.8 Å². The number of amides is 1. The molecule has 0 fully saturated rings. The number of anilines is 2. The van der Waals surface area contributed by atoms with Crippen molar-refractivity contribution in [3.05, 3.63) is 42.5 Å². The van der Waals surface area contributed by atoms with E-state index in [2.05, 4.69) is 29.3 Å². The zero-order valence-electron chi connectivity index (χ0n) is 14.6. The third kappa shape index (κ3) is 4.02. The fourth-order valence-corrected chi connectivity index (χ4v) is 4.06. The number of carbonyl (C=O) groups excluding carboxylic acids is 1. The van der Waals surface area contributed by atoms with Gasteiger partial charge in [0, 0.05) is 22.8 Å². The zero-order valence-corrected chi connectivity index (χ0v) is 15.4. The Kier molecular flexibility index (Phi) is 5.38. The van der Waals surface area contributed by atoms with Crippen LogP contribution in [0.1, 0.15) is 6.92 Å². The SMILES string of the molecule is COc1ccc(NC(=O)CN2C[C@@H](C)Sc3ccccc32)c(OC)c1. The standard InChI is InChI=1S/C19H22N2O3S/c1-13-11-21(16-6-4-5-7-18(16)25-13)12-19(22)20-15-9-8-14(23-2)10-17(15)24-3/h4-10,13H,11-12H2,1-3H3,(H,20,22)/t13-/m1/s1.